The summed E-state index contributed by atoms with van der Waals surface area (Å²) in [5, 5.41) is 0. The normalized spacial score (nSPS) is 27.5. The second-order valence-electron chi connectivity index (χ2n) is 9.03. The average Bonchev–Trinajstić information content (AvgIpc) is 2.97. The summed E-state index contributed by atoms with van der Waals surface area (Å²) < 4.78 is 22.9. The van der Waals surface area contributed by atoms with Crippen molar-refractivity contribution in [3.05, 3.63) is 0 Å². The number of esters is 1. The zero-order chi connectivity index (χ0) is 19.9. The van der Waals surface area contributed by atoms with Crippen LogP contribution in [0.1, 0.15) is 55.4 Å². The van der Waals surface area contributed by atoms with Gasteiger partial charge in [0.15, 0.2) is 0 Å². The summed E-state index contributed by atoms with van der Waals surface area (Å²) in [4.78, 5) is 26.5. The second-order valence-corrected chi connectivity index (χ2v) is 9.03. The van der Waals surface area contributed by atoms with Crippen LogP contribution in [-0.4, -0.2) is 60.6 Å². The first-order chi connectivity index (χ1) is 11.8. The van der Waals surface area contributed by atoms with E-state index in [1.165, 1.54) is 0 Å². The molecule has 2 aliphatic rings. The molecule has 0 aliphatic carbocycles. The maximum absolute atomic E-state index is 12.5. The van der Waals surface area contributed by atoms with Gasteiger partial charge in [-0.15, -0.1) is 0 Å². The summed E-state index contributed by atoms with van der Waals surface area (Å²) in [6.07, 6.45) is -0.439. The zero-order valence-corrected chi connectivity index (χ0v) is 17.3. The van der Waals surface area contributed by atoms with Crippen LogP contribution in [0.2, 0.25) is 5.82 Å². The van der Waals surface area contributed by atoms with Gasteiger partial charge in [-0.25, -0.2) is 4.79 Å². The van der Waals surface area contributed by atoms with Crippen LogP contribution in [0, 0.1) is 5.92 Å². The van der Waals surface area contributed by atoms with Crippen molar-refractivity contribution in [2.75, 3.05) is 19.7 Å². The second kappa shape index (κ2) is 7.04. The van der Waals surface area contributed by atoms with Gasteiger partial charge < -0.3 is 23.7 Å². The van der Waals surface area contributed by atoms with Crippen LogP contribution in [0.3, 0.4) is 0 Å². The number of carbonyl (C=O) groups excluding carboxylic acids is 2. The van der Waals surface area contributed by atoms with Gasteiger partial charge in [0.25, 0.3) is 0 Å². The van der Waals surface area contributed by atoms with E-state index in [0.29, 0.717) is 6.54 Å². The fourth-order valence-corrected chi connectivity index (χ4v) is 3.14. The molecule has 7 nitrogen and oxygen atoms in total. The first-order valence-corrected chi connectivity index (χ1v) is 9.27. The van der Waals surface area contributed by atoms with Gasteiger partial charge in [0, 0.05) is 18.9 Å². The molecule has 0 aromatic carbocycles. The monoisotopic (exact) mass is 369 g/mol. The van der Waals surface area contributed by atoms with Gasteiger partial charge in [0.05, 0.1) is 23.7 Å². The lowest BCUT2D eigenvalue weighted by Crippen LogP contribution is -2.41. The highest BCUT2D eigenvalue weighted by Crippen LogP contribution is 2.44. The maximum atomic E-state index is 12.5. The molecule has 1 amide bonds. The molecule has 148 valence electrons. The molecule has 8 heteroatoms. The lowest BCUT2D eigenvalue weighted by molar-refractivity contribution is -0.147. The van der Waals surface area contributed by atoms with E-state index in [9.17, 15) is 9.59 Å². The van der Waals surface area contributed by atoms with E-state index in [0.717, 1.165) is 0 Å². The van der Waals surface area contributed by atoms with Gasteiger partial charge in [-0.1, -0.05) is 0 Å². The molecule has 0 N–H and O–H groups in total. The average molecular weight is 369 g/mol. The SMILES string of the molecule is CCOC(=O)[C@@H]1CN(C(=O)OC(C)(C)C)C[C@H]1B1OC(C)(C)C(C)(C)O1. The van der Waals surface area contributed by atoms with Gasteiger partial charge in [0.1, 0.15) is 5.60 Å². The molecule has 26 heavy (non-hydrogen) atoms. The van der Waals surface area contributed by atoms with E-state index >= 15 is 0 Å². The predicted molar refractivity (Wildman–Crippen MR) is 97.8 cm³/mol. The molecule has 0 unspecified atom stereocenters. The van der Waals surface area contributed by atoms with Crippen LogP contribution in [0.25, 0.3) is 0 Å². The summed E-state index contributed by atoms with van der Waals surface area (Å²) in [5.41, 5.74) is -1.61. The summed E-state index contributed by atoms with van der Waals surface area (Å²) in [6, 6.07) is 0. The van der Waals surface area contributed by atoms with Crippen molar-refractivity contribution in [3.63, 3.8) is 0 Å². The fraction of sp³-hybridized carbons (Fsp3) is 0.889. The van der Waals surface area contributed by atoms with Crippen molar-refractivity contribution in [2.45, 2.75) is 78.0 Å². The minimum absolute atomic E-state index is 0.239. The molecule has 0 spiro atoms. The van der Waals surface area contributed by atoms with Crippen LogP contribution < -0.4 is 0 Å². The van der Waals surface area contributed by atoms with Crippen molar-refractivity contribution >= 4 is 19.2 Å². The molecule has 2 saturated heterocycles. The Labute approximate surface area is 156 Å². The minimum atomic E-state index is -0.598. The van der Waals surface area contributed by atoms with Crippen molar-refractivity contribution in [1.29, 1.82) is 0 Å². The Bertz CT molecular complexity index is 540. The molecule has 0 bridgehead atoms. The highest BCUT2D eigenvalue weighted by molar-refractivity contribution is 6.48. The Kier molecular flexibility index (Phi) is 5.69. The number of rotatable bonds is 3. The summed E-state index contributed by atoms with van der Waals surface area (Å²) in [5.74, 6) is -1.14. The van der Waals surface area contributed by atoms with Crippen LogP contribution >= 0.6 is 0 Å². The Hall–Kier alpha value is -1.28. The molecular formula is C18H32BNO6. The number of amides is 1. The minimum Gasteiger partial charge on any atom is -0.466 e. The van der Waals surface area contributed by atoms with Crippen LogP contribution in [0.4, 0.5) is 4.79 Å². The first-order valence-electron chi connectivity index (χ1n) is 9.27. The molecule has 0 saturated carbocycles. The Balaban J connectivity index is 2.19. The molecular weight excluding hydrogens is 337 g/mol. The third-order valence-electron chi connectivity index (χ3n) is 5.23. The molecule has 0 aromatic heterocycles. The Morgan fingerprint density at radius 3 is 2.12 bits per heavy atom. The molecule has 2 fully saturated rings. The number of hydrogen-bond acceptors (Lipinski definition) is 6. The molecule has 0 radical (unpaired) electrons. The van der Waals surface area contributed by atoms with Gasteiger partial charge in [0.2, 0.25) is 0 Å². The van der Waals surface area contributed by atoms with Gasteiger partial charge >= 0.3 is 19.2 Å². The van der Waals surface area contributed by atoms with E-state index in [4.69, 9.17) is 18.8 Å². The molecule has 0 aromatic rings. The summed E-state index contributed by atoms with van der Waals surface area (Å²) in [6.45, 7) is 15.9. The standard InChI is InChI=1S/C18H32BNO6/c1-9-23-14(21)12-10-20(15(22)24-16(2,3)4)11-13(12)19-25-17(5,6)18(7,8)26-19/h12-13H,9-11H2,1-8H3/t12-,13-/m1/s1. The van der Waals surface area contributed by atoms with Crippen molar-refractivity contribution < 1.29 is 28.4 Å². The summed E-state index contributed by atoms with van der Waals surface area (Å²) in [7, 11) is -0.582. The maximum Gasteiger partial charge on any atom is 0.463 e. The number of likely N-dealkylation sites (tertiary alicyclic amines) is 1. The van der Waals surface area contributed by atoms with Crippen molar-refractivity contribution in [1.82, 2.24) is 4.90 Å². The lowest BCUT2D eigenvalue weighted by Gasteiger charge is -2.32. The first kappa shape index (κ1) is 21.0. The van der Waals surface area contributed by atoms with Gasteiger partial charge in [-0.05, 0) is 55.4 Å². The number of hydrogen-bond donors (Lipinski definition) is 0. The van der Waals surface area contributed by atoms with E-state index < -0.39 is 35.9 Å². The van der Waals surface area contributed by atoms with Crippen LogP contribution in [-0.2, 0) is 23.6 Å². The summed E-state index contributed by atoms with van der Waals surface area (Å²) >= 11 is 0. The van der Waals surface area contributed by atoms with E-state index in [1.807, 2.05) is 48.5 Å². The number of nitrogens with zero attached hydrogens (tertiary/aromatic N) is 1. The smallest absolute Gasteiger partial charge is 0.463 e. The molecule has 2 aliphatic heterocycles. The Morgan fingerprint density at radius 2 is 1.65 bits per heavy atom. The fourth-order valence-electron chi connectivity index (χ4n) is 3.14. The quantitative estimate of drug-likeness (QED) is 0.563. The van der Waals surface area contributed by atoms with Gasteiger partial charge in [-0.2, -0.15) is 0 Å². The van der Waals surface area contributed by atoms with Crippen molar-refractivity contribution in [2.24, 2.45) is 5.92 Å². The third kappa shape index (κ3) is 4.34. The van der Waals surface area contributed by atoms with E-state index in [-0.39, 0.29) is 24.9 Å². The molecule has 2 atom stereocenters. The molecule has 2 heterocycles. The van der Waals surface area contributed by atoms with E-state index in [1.54, 1.807) is 11.8 Å². The lowest BCUT2D eigenvalue weighted by atomic mass is 9.66. The van der Waals surface area contributed by atoms with Crippen molar-refractivity contribution in [3.8, 4) is 0 Å². The zero-order valence-electron chi connectivity index (χ0n) is 17.3. The number of ether oxygens (including phenoxy) is 2. The third-order valence-corrected chi connectivity index (χ3v) is 5.23. The van der Waals surface area contributed by atoms with Crippen LogP contribution in [0.15, 0.2) is 0 Å². The highest BCUT2D eigenvalue weighted by atomic mass is 16.7. The largest absolute Gasteiger partial charge is 0.466 e. The molecule has 2 rings (SSSR count). The topological polar surface area (TPSA) is 74.3 Å². The Morgan fingerprint density at radius 1 is 1.12 bits per heavy atom. The van der Waals surface area contributed by atoms with Gasteiger partial charge in [-0.3, -0.25) is 4.79 Å². The highest BCUT2D eigenvalue weighted by Gasteiger charge is 2.58. The number of carbonyl (C=O) groups is 2. The predicted octanol–water partition coefficient (Wildman–Crippen LogP) is 2.88. The van der Waals surface area contributed by atoms with E-state index in [2.05, 4.69) is 0 Å². The van der Waals surface area contributed by atoms with Crippen LogP contribution in [0.5, 0.6) is 0 Å².